The standard InChI is InChI=1S/C16H26N2O.BrH/c1-2-17-14-18(12-8-4-3-5-9-13-19)16-11-7-6-10-15(16)17;/h6-7,10-11,19H,2-5,8-9,12-14H2,1H3;1H. The molecule has 0 unspecified atom stereocenters. The number of hydrogen-bond donors (Lipinski definition) is 1. The van der Waals surface area contributed by atoms with Crippen molar-refractivity contribution in [3.63, 3.8) is 0 Å². The normalized spacial score (nSPS) is 13.3. The molecule has 3 nitrogen and oxygen atoms in total. The Balaban J connectivity index is 0.00000200. The number of benzene rings is 1. The van der Waals surface area contributed by atoms with Crippen LogP contribution in [0.4, 0.5) is 11.4 Å². The zero-order chi connectivity index (χ0) is 13.5. The summed E-state index contributed by atoms with van der Waals surface area (Å²) in [5.41, 5.74) is 2.77. The van der Waals surface area contributed by atoms with Crippen molar-refractivity contribution in [1.82, 2.24) is 0 Å². The second-order valence-electron chi connectivity index (χ2n) is 5.24. The number of para-hydroxylation sites is 2. The highest BCUT2D eigenvalue weighted by molar-refractivity contribution is 8.93. The van der Waals surface area contributed by atoms with Crippen LogP contribution in [0.5, 0.6) is 0 Å². The minimum absolute atomic E-state index is 0. The van der Waals surface area contributed by atoms with Crippen molar-refractivity contribution in [2.24, 2.45) is 0 Å². The SMILES string of the molecule is Br.CCN1CN(CCCCCCCO)c2ccccc21. The number of rotatable bonds is 8. The second-order valence-corrected chi connectivity index (χ2v) is 5.24. The van der Waals surface area contributed by atoms with E-state index in [2.05, 4.69) is 41.0 Å². The predicted molar refractivity (Wildman–Crippen MR) is 92.2 cm³/mol. The molecule has 0 saturated heterocycles. The molecule has 0 atom stereocenters. The minimum atomic E-state index is 0. The van der Waals surface area contributed by atoms with Crippen molar-refractivity contribution in [2.45, 2.75) is 39.0 Å². The molecule has 0 saturated carbocycles. The van der Waals surface area contributed by atoms with Gasteiger partial charge in [0.2, 0.25) is 0 Å². The third-order valence-corrected chi connectivity index (χ3v) is 3.87. The molecular formula is C16H27BrN2O. The van der Waals surface area contributed by atoms with Crippen LogP contribution < -0.4 is 9.80 Å². The molecule has 1 aliphatic rings. The fourth-order valence-electron chi connectivity index (χ4n) is 2.76. The number of hydrogen-bond acceptors (Lipinski definition) is 3. The second kappa shape index (κ2) is 9.24. The molecular weight excluding hydrogens is 316 g/mol. The van der Waals surface area contributed by atoms with E-state index in [9.17, 15) is 0 Å². The summed E-state index contributed by atoms with van der Waals surface area (Å²) in [6.45, 7) is 5.81. The van der Waals surface area contributed by atoms with E-state index in [1.165, 1.54) is 30.6 Å². The molecule has 1 N–H and O–H groups in total. The Morgan fingerprint density at radius 2 is 1.55 bits per heavy atom. The predicted octanol–water partition coefficient (Wildman–Crippen LogP) is 3.81. The van der Waals surface area contributed by atoms with Crippen molar-refractivity contribution in [3.05, 3.63) is 24.3 Å². The summed E-state index contributed by atoms with van der Waals surface area (Å²) in [6, 6.07) is 8.71. The van der Waals surface area contributed by atoms with E-state index < -0.39 is 0 Å². The van der Waals surface area contributed by atoms with E-state index in [-0.39, 0.29) is 17.0 Å². The summed E-state index contributed by atoms with van der Waals surface area (Å²) in [5, 5.41) is 8.75. The lowest BCUT2D eigenvalue weighted by molar-refractivity contribution is 0.282. The molecule has 0 aromatic heterocycles. The van der Waals surface area contributed by atoms with Crippen LogP contribution in [0.15, 0.2) is 24.3 Å². The third kappa shape index (κ3) is 4.38. The number of unbranched alkanes of at least 4 members (excludes halogenated alkanes) is 4. The Bertz CT molecular complexity index is 386. The third-order valence-electron chi connectivity index (χ3n) is 3.87. The van der Waals surface area contributed by atoms with Gasteiger partial charge in [-0.15, -0.1) is 17.0 Å². The smallest absolute Gasteiger partial charge is 0.0904 e. The lowest BCUT2D eigenvalue weighted by Crippen LogP contribution is -2.31. The largest absolute Gasteiger partial charge is 0.396 e. The van der Waals surface area contributed by atoms with E-state index >= 15 is 0 Å². The number of nitrogens with zero attached hydrogens (tertiary/aromatic N) is 2. The molecule has 1 aromatic carbocycles. The van der Waals surface area contributed by atoms with Gasteiger partial charge in [-0.25, -0.2) is 0 Å². The van der Waals surface area contributed by atoms with Gasteiger partial charge >= 0.3 is 0 Å². The van der Waals surface area contributed by atoms with Gasteiger partial charge in [-0.3, -0.25) is 0 Å². The molecule has 0 radical (unpaired) electrons. The van der Waals surface area contributed by atoms with Crippen molar-refractivity contribution >= 4 is 28.4 Å². The molecule has 1 aliphatic heterocycles. The van der Waals surface area contributed by atoms with Gasteiger partial charge < -0.3 is 14.9 Å². The molecule has 4 heteroatoms. The first-order chi connectivity index (χ1) is 9.36. The van der Waals surface area contributed by atoms with Gasteiger partial charge in [0, 0.05) is 19.7 Å². The van der Waals surface area contributed by atoms with Gasteiger partial charge in [0.05, 0.1) is 18.0 Å². The first-order valence-corrected chi connectivity index (χ1v) is 7.56. The van der Waals surface area contributed by atoms with Crippen LogP contribution in [-0.2, 0) is 0 Å². The Morgan fingerprint density at radius 1 is 0.950 bits per heavy atom. The Morgan fingerprint density at radius 3 is 2.20 bits per heavy atom. The van der Waals surface area contributed by atoms with Crippen LogP contribution in [0.1, 0.15) is 39.0 Å². The highest BCUT2D eigenvalue weighted by atomic mass is 79.9. The highest BCUT2D eigenvalue weighted by Crippen LogP contribution is 2.35. The molecule has 2 rings (SSSR count). The maximum atomic E-state index is 8.75. The van der Waals surface area contributed by atoms with Gasteiger partial charge in [0.25, 0.3) is 0 Å². The summed E-state index contributed by atoms with van der Waals surface area (Å²) < 4.78 is 0. The summed E-state index contributed by atoms with van der Waals surface area (Å²) in [4.78, 5) is 4.92. The zero-order valence-corrected chi connectivity index (χ0v) is 14.1. The van der Waals surface area contributed by atoms with Gasteiger partial charge in [-0.05, 0) is 31.9 Å². The van der Waals surface area contributed by atoms with Gasteiger partial charge in [-0.2, -0.15) is 0 Å². The average molecular weight is 343 g/mol. The number of aliphatic hydroxyl groups is 1. The van der Waals surface area contributed by atoms with Crippen molar-refractivity contribution < 1.29 is 5.11 Å². The van der Waals surface area contributed by atoms with Crippen LogP contribution in [0.25, 0.3) is 0 Å². The lowest BCUT2D eigenvalue weighted by atomic mass is 10.1. The maximum absolute atomic E-state index is 8.75. The maximum Gasteiger partial charge on any atom is 0.0904 e. The Kier molecular flexibility index (Phi) is 8.00. The molecule has 0 amide bonds. The van der Waals surface area contributed by atoms with Crippen LogP contribution >= 0.6 is 17.0 Å². The van der Waals surface area contributed by atoms with E-state index in [0.29, 0.717) is 6.61 Å². The van der Waals surface area contributed by atoms with Gasteiger partial charge in [-0.1, -0.05) is 31.4 Å². The topological polar surface area (TPSA) is 26.7 Å². The Labute approximate surface area is 133 Å². The molecule has 1 aromatic rings. The van der Waals surface area contributed by atoms with E-state index in [1.807, 2.05) is 0 Å². The Hall–Kier alpha value is -0.740. The average Bonchev–Trinajstić information content (AvgIpc) is 2.81. The molecule has 114 valence electrons. The van der Waals surface area contributed by atoms with E-state index in [0.717, 1.165) is 32.6 Å². The van der Waals surface area contributed by atoms with Crippen molar-refractivity contribution in [2.75, 3.05) is 36.2 Å². The van der Waals surface area contributed by atoms with E-state index in [1.54, 1.807) is 0 Å². The minimum Gasteiger partial charge on any atom is -0.396 e. The zero-order valence-electron chi connectivity index (χ0n) is 12.4. The quantitative estimate of drug-likeness (QED) is 0.727. The fourth-order valence-corrected chi connectivity index (χ4v) is 2.76. The van der Waals surface area contributed by atoms with Crippen molar-refractivity contribution in [3.8, 4) is 0 Å². The number of aliphatic hydroxyl groups excluding tert-OH is 1. The highest BCUT2D eigenvalue weighted by Gasteiger charge is 2.23. The van der Waals surface area contributed by atoms with Crippen molar-refractivity contribution in [1.29, 1.82) is 0 Å². The molecule has 1 heterocycles. The van der Waals surface area contributed by atoms with Gasteiger partial charge in [0.15, 0.2) is 0 Å². The fraction of sp³-hybridized carbons (Fsp3) is 0.625. The monoisotopic (exact) mass is 342 g/mol. The molecule has 20 heavy (non-hydrogen) atoms. The summed E-state index contributed by atoms with van der Waals surface area (Å²) in [6.07, 6.45) is 5.87. The number of fused-ring (bicyclic) bond motifs is 1. The van der Waals surface area contributed by atoms with Crippen LogP contribution in [-0.4, -0.2) is 31.5 Å². The number of anilines is 2. The first-order valence-electron chi connectivity index (χ1n) is 7.56. The molecule has 0 bridgehead atoms. The summed E-state index contributed by atoms with van der Waals surface area (Å²) in [5.74, 6) is 0. The summed E-state index contributed by atoms with van der Waals surface area (Å²) in [7, 11) is 0. The van der Waals surface area contributed by atoms with E-state index in [4.69, 9.17) is 5.11 Å². The summed E-state index contributed by atoms with van der Waals surface area (Å²) >= 11 is 0. The lowest BCUT2D eigenvalue weighted by Gasteiger charge is -2.20. The first kappa shape index (κ1) is 17.3. The molecule has 0 spiro atoms. The van der Waals surface area contributed by atoms with Crippen LogP contribution in [0.2, 0.25) is 0 Å². The number of halogens is 1. The molecule has 0 fully saturated rings. The van der Waals surface area contributed by atoms with Gasteiger partial charge in [0.1, 0.15) is 0 Å². The molecule has 0 aliphatic carbocycles. The van der Waals surface area contributed by atoms with Crippen LogP contribution in [0.3, 0.4) is 0 Å². The van der Waals surface area contributed by atoms with Crippen LogP contribution in [0, 0.1) is 0 Å².